The molecule has 1 aromatic heterocycles. The molecule has 2 aromatic carbocycles. The smallest absolute Gasteiger partial charge is 0.265 e. The van der Waals surface area contributed by atoms with E-state index in [4.69, 9.17) is 9.47 Å². The van der Waals surface area contributed by atoms with Gasteiger partial charge in [-0.1, -0.05) is 18.2 Å². The maximum atomic E-state index is 13.0. The molecule has 0 unspecified atom stereocenters. The molecule has 1 fully saturated rings. The van der Waals surface area contributed by atoms with Crippen molar-refractivity contribution in [3.63, 3.8) is 0 Å². The molecule has 2 heterocycles. The highest BCUT2D eigenvalue weighted by atomic mass is 32.2. The fraction of sp³-hybridized carbons (Fsp3) is 0.286. The van der Waals surface area contributed by atoms with Gasteiger partial charge in [-0.15, -0.1) is 11.3 Å². The molecular weight excluding hydrogens is 424 g/mol. The Hall–Kier alpha value is -2.46. The van der Waals surface area contributed by atoms with E-state index < -0.39 is 10.0 Å². The van der Waals surface area contributed by atoms with Gasteiger partial charge in [0, 0.05) is 17.8 Å². The second-order valence-corrected chi connectivity index (χ2v) is 9.73. The number of hydrogen-bond acceptors (Lipinski definition) is 6. The van der Waals surface area contributed by atoms with Gasteiger partial charge in [-0.05, 0) is 42.6 Å². The van der Waals surface area contributed by atoms with Crippen molar-refractivity contribution in [3.8, 4) is 5.75 Å². The average molecular weight is 447 g/mol. The SMILES string of the molecule is CCOc1ccc(S(=O)(=O)N2CCOCC2)cc1NC(=O)c1cc2ccccc2s1. The maximum absolute atomic E-state index is 13.0. The Morgan fingerprint density at radius 2 is 1.93 bits per heavy atom. The number of thiophene rings is 1. The zero-order chi connectivity index (χ0) is 21.1. The molecule has 0 bridgehead atoms. The zero-order valence-electron chi connectivity index (χ0n) is 16.5. The van der Waals surface area contributed by atoms with Gasteiger partial charge >= 0.3 is 0 Å². The first-order valence-corrected chi connectivity index (χ1v) is 11.9. The summed E-state index contributed by atoms with van der Waals surface area (Å²) in [5.74, 6) is 0.117. The Bertz CT molecular complexity index is 1130. The normalized spacial score (nSPS) is 15.2. The van der Waals surface area contributed by atoms with Gasteiger partial charge in [-0.25, -0.2) is 8.42 Å². The molecular formula is C21H22N2O5S2. The molecule has 0 saturated carbocycles. The molecule has 4 rings (SSSR count). The summed E-state index contributed by atoms with van der Waals surface area (Å²) in [5, 5.41) is 3.81. The monoisotopic (exact) mass is 446 g/mol. The predicted molar refractivity (Wildman–Crippen MR) is 117 cm³/mol. The summed E-state index contributed by atoms with van der Waals surface area (Å²) in [4.78, 5) is 13.5. The fourth-order valence-electron chi connectivity index (χ4n) is 3.26. The van der Waals surface area contributed by atoms with Crippen LogP contribution in [0.1, 0.15) is 16.6 Å². The Morgan fingerprint density at radius 1 is 1.17 bits per heavy atom. The van der Waals surface area contributed by atoms with Crippen molar-refractivity contribution in [3.05, 3.63) is 53.4 Å². The lowest BCUT2D eigenvalue weighted by molar-refractivity contribution is 0.0730. The van der Waals surface area contributed by atoms with Crippen LogP contribution in [0, 0.1) is 0 Å². The summed E-state index contributed by atoms with van der Waals surface area (Å²) in [6.45, 7) is 3.56. The number of anilines is 1. The van der Waals surface area contributed by atoms with E-state index in [1.165, 1.54) is 27.8 Å². The second kappa shape index (κ2) is 8.73. The third-order valence-corrected chi connectivity index (χ3v) is 7.77. The third-order valence-electron chi connectivity index (χ3n) is 4.76. The van der Waals surface area contributed by atoms with Crippen LogP contribution in [0.3, 0.4) is 0 Å². The first-order valence-electron chi connectivity index (χ1n) is 9.63. The van der Waals surface area contributed by atoms with Crippen LogP contribution in [-0.2, 0) is 14.8 Å². The number of morpholine rings is 1. The summed E-state index contributed by atoms with van der Waals surface area (Å²) < 4.78 is 39.3. The Kier molecular flexibility index (Phi) is 6.05. The molecule has 1 amide bonds. The van der Waals surface area contributed by atoms with Crippen LogP contribution >= 0.6 is 11.3 Å². The van der Waals surface area contributed by atoms with E-state index in [1.807, 2.05) is 37.3 Å². The topological polar surface area (TPSA) is 84.9 Å². The largest absolute Gasteiger partial charge is 0.492 e. The van der Waals surface area contributed by atoms with Crippen molar-refractivity contribution in [2.45, 2.75) is 11.8 Å². The van der Waals surface area contributed by atoms with Gasteiger partial charge in [0.2, 0.25) is 10.0 Å². The van der Waals surface area contributed by atoms with E-state index in [9.17, 15) is 13.2 Å². The van der Waals surface area contributed by atoms with Crippen LogP contribution in [-0.4, -0.2) is 51.5 Å². The zero-order valence-corrected chi connectivity index (χ0v) is 18.1. The number of amides is 1. The lowest BCUT2D eigenvalue weighted by atomic mass is 10.2. The summed E-state index contributed by atoms with van der Waals surface area (Å²) in [5.41, 5.74) is 0.327. The molecule has 1 N–H and O–H groups in total. The van der Waals surface area contributed by atoms with Crippen molar-refractivity contribution >= 4 is 43.0 Å². The Morgan fingerprint density at radius 3 is 2.67 bits per heavy atom. The molecule has 0 spiro atoms. The number of carbonyl (C=O) groups is 1. The van der Waals surface area contributed by atoms with Gasteiger partial charge in [0.15, 0.2) is 0 Å². The van der Waals surface area contributed by atoms with Crippen LogP contribution in [0.15, 0.2) is 53.4 Å². The van der Waals surface area contributed by atoms with Crippen molar-refractivity contribution < 1.29 is 22.7 Å². The highest BCUT2D eigenvalue weighted by Crippen LogP contribution is 2.31. The predicted octanol–water partition coefficient (Wildman–Crippen LogP) is 3.57. The van der Waals surface area contributed by atoms with E-state index in [2.05, 4.69) is 5.32 Å². The molecule has 0 aliphatic carbocycles. The average Bonchev–Trinajstić information content (AvgIpc) is 3.20. The quantitative estimate of drug-likeness (QED) is 0.626. The molecule has 9 heteroatoms. The van der Waals surface area contributed by atoms with Crippen LogP contribution in [0.25, 0.3) is 10.1 Å². The number of sulfonamides is 1. The van der Waals surface area contributed by atoms with Crippen molar-refractivity contribution in [2.75, 3.05) is 38.2 Å². The molecule has 7 nitrogen and oxygen atoms in total. The molecule has 1 saturated heterocycles. The first kappa shape index (κ1) is 20.8. The summed E-state index contributed by atoms with van der Waals surface area (Å²) >= 11 is 1.38. The van der Waals surface area contributed by atoms with Gasteiger partial charge in [-0.2, -0.15) is 4.31 Å². The summed E-state index contributed by atoms with van der Waals surface area (Å²) in [7, 11) is -3.69. The second-order valence-electron chi connectivity index (χ2n) is 6.71. The summed E-state index contributed by atoms with van der Waals surface area (Å²) in [6.07, 6.45) is 0. The number of fused-ring (bicyclic) bond motifs is 1. The minimum Gasteiger partial charge on any atom is -0.492 e. The molecule has 0 radical (unpaired) electrons. The first-order chi connectivity index (χ1) is 14.5. The van der Waals surface area contributed by atoms with Gasteiger partial charge in [-0.3, -0.25) is 4.79 Å². The van der Waals surface area contributed by atoms with Crippen LogP contribution in [0.4, 0.5) is 5.69 Å². The number of nitrogens with one attached hydrogen (secondary N) is 1. The van der Waals surface area contributed by atoms with E-state index in [-0.39, 0.29) is 10.8 Å². The molecule has 158 valence electrons. The van der Waals surface area contributed by atoms with Crippen LogP contribution in [0.5, 0.6) is 5.75 Å². The van der Waals surface area contributed by atoms with Gasteiger partial charge in [0.25, 0.3) is 5.91 Å². The Labute approximate surface area is 179 Å². The number of nitrogens with zero attached hydrogens (tertiary/aromatic N) is 1. The molecule has 1 aliphatic heterocycles. The summed E-state index contributed by atoms with van der Waals surface area (Å²) in [6, 6.07) is 14.1. The van der Waals surface area contributed by atoms with Gasteiger partial charge in [0.05, 0.1) is 35.3 Å². The fourth-order valence-corrected chi connectivity index (χ4v) is 5.66. The number of hydrogen-bond donors (Lipinski definition) is 1. The van der Waals surface area contributed by atoms with E-state index in [0.29, 0.717) is 49.2 Å². The standard InChI is InChI=1S/C21H22N2O5S2/c1-2-28-18-8-7-16(30(25,26)23-9-11-27-12-10-23)14-17(18)22-21(24)20-13-15-5-3-4-6-19(15)29-20/h3-8,13-14H,2,9-12H2,1H3,(H,22,24). The number of ether oxygens (including phenoxy) is 2. The van der Waals surface area contributed by atoms with Crippen molar-refractivity contribution in [2.24, 2.45) is 0 Å². The minimum absolute atomic E-state index is 0.111. The number of rotatable bonds is 6. The number of carbonyl (C=O) groups excluding carboxylic acids is 1. The van der Waals surface area contributed by atoms with Gasteiger partial charge < -0.3 is 14.8 Å². The molecule has 1 aliphatic rings. The van der Waals surface area contributed by atoms with Crippen molar-refractivity contribution in [1.29, 1.82) is 0 Å². The van der Waals surface area contributed by atoms with Crippen LogP contribution in [0.2, 0.25) is 0 Å². The van der Waals surface area contributed by atoms with Crippen LogP contribution < -0.4 is 10.1 Å². The van der Waals surface area contributed by atoms with E-state index in [1.54, 1.807) is 6.07 Å². The molecule has 3 aromatic rings. The molecule has 0 atom stereocenters. The van der Waals surface area contributed by atoms with E-state index >= 15 is 0 Å². The highest BCUT2D eigenvalue weighted by Gasteiger charge is 2.27. The van der Waals surface area contributed by atoms with Gasteiger partial charge in [0.1, 0.15) is 5.75 Å². The minimum atomic E-state index is -3.69. The van der Waals surface area contributed by atoms with Crippen molar-refractivity contribution in [1.82, 2.24) is 4.31 Å². The molecule has 30 heavy (non-hydrogen) atoms. The lowest BCUT2D eigenvalue weighted by Crippen LogP contribution is -2.40. The number of benzene rings is 2. The highest BCUT2D eigenvalue weighted by molar-refractivity contribution is 7.89. The van der Waals surface area contributed by atoms with E-state index in [0.717, 1.165) is 10.1 Å². The third kappa shape index (κ3) is 4.20. The Balaban J connectivity index is 1.65. The lowest BCUT2D eigenvalue weighted by Gasteiger charge is -2.26. The maximum Gasteiger partial charge on any atom is 0.265 e.